The number of benzene rings is 1. The van der Waals surface area contributed by atoms with Gasteiger partial charge in [0, 0.05) is 11.6 Å². The van der Waals surface area contributed by atoms with Crippen molar-refractivity contribution >= 4 is 35.2 Å². The summed E-state index contributed by atoms with van der Waals surface area (Å²) in [5.41, 5.74) is 0. The molecule has 1 aromatic carbocycles. The smallest absolute Gasteiger partial charge is 0.277 e. The van der Waals surface area contributed by atoms with Crippen molar-refractivity contribution in [3.63, 3.8) is 0 Å². The van der Waals surface area contributed by atoms with Gasteiger partial charge in [0.25, 0.3) is 11.1 Å². The van der Waals surface area contributed by atoms with Crippen LogP contribution in [0.4, 0.5) is 0 Å². The van der Waals surface area contributed by atoms with Crippen LogP contribution < -0.4 is 15.4 Å². The second-order valence-corrected chi connectivity index (χ2v) is 6.48. The number of hydrogen-bond donors (Lipinski definition) is 2. The van der Waals surface area contributed by atoms with Crippen LogP contribution in [0.1, 0.15) is 19.2 Å². The highest BCUT2D eigenvalue weighted by Gasteiger charge is 2.11. The molecular formula is C16H19ClN4O4S. The van der Waals surface area contributed by atoms with Gasteiger partial charge in [0.15, 0.2) is 6.61 Å². The number of carbonyl (C=O) groups is 2. The van der Waals surface area contributed by atoms with Crippen LogP contribution in [0, 0.1) is 0 Å². The van der Waals surface area contributed by atoms with Crippen LogP contribution in [-0.4, -0.2) is 40.9 Å². The molecule has 2 N–H and O–H groups in total. The summed E-state index contributed by atoms with van der Waals surface area (Å²) >= 11 is 6.89. The molecule has 0 aliphatic heterocycles. The van der Waals surface area contributed by atoms with Gasteiger partial charge in [-0.05, 0) is 30.7 Å². The molecule has 0 aliphatic rings. The van der Waals surface area contributed by atoms with E-state index in [1.54, 1.807) is 24.3 Å². The molecule has 8 nitrogen and oxygen atoms in total. The van der Waals surface area contributed by atoms with Crippen LogP contribution in [-0.2, 0) is 16.2 Å². The molecule has 2 amide bonds. The van der Waals surface area contributed by atoms with Gasteiger partial charge >= 0.3 is 0 Å². The van der Waals surface area contributed by atoms with E-state index in [4.69, 9.17) is 20.8 Å². The van der Waals surface area contributed by atoms with E-state index in [-0.39, 0.29) is 35.9 Å². The predicted octanol–water partition coefficient (Wildman–Crippen LogP) is 2.04. The van der Waals surface area contributed by atoms with Crippen LogP contribution in [0.25, 0.3) is 0 Å². The molecule has 0 radical (unpaired) electrons. The largest absolute Gasteiger partial charge is 0.484 e. The molecule has 10 heteroatoms. The molecule has 0 saturated heterocycles. The molecule has 0 bridgehead atoms. The summed E-state index contributed by atoms with van der Waals surface area (Å²) in [7, 11) is 0. The summed E-state index contributed by atoms with van der Waals surface area (Å²) in [5.74, 6) is 0.480. The summed E-state index contributed by atoms with van der Waals surface area (Å²) in [6.45, 7) is 2.60. The summed E-state index contributed by atoms with van der Waals surface area (Å²) in [6.07, 6.45) is 0.844. The Bertz CT molecular complexity index is 723. The van der Waals surface area contributed by atoms with Gasteiger partial charge in [-0.25, -0.2) is 0 Å². The Hall–Kier alpha value is -2.26. The van der Waals surface area contributed by atoms with Crippen molar-refractivity contribution in [1.82, 2.24) is 20.8 Å². The molecular weight excluding hydrogens is 380 g/mol. The van der Waals surface area contributed by atoms with Gasteiger partial charge in [-0.1, -0.05) is 30.3 Å². The average Bonchev–Trinajstić information content (AvgIpc) is 3.10. The number of halogens is 1. The second-order valence-electron chi connectivity index (χ2n) is 5.12. The number of carbonyl (C=O) groups excluding carboxylic acids is 2. The SMILES string of the molecule is CCCNC(=O)CNC(=O)CSc1nnc(COc2ccc(Cl)cc2)o1. The maximum atomic E-state index is 11.7. The van der Waals surface area contributed by atoms with E-state index in [1.165, 1.54) is 0 Å². The maximum absolute atomic E-state index is 11.7. The average molecular weight is 399 g/mol. The number of thioether (sulfide) groups is 1. The quantitative estimate of drug-likeness (QED) is 0.590. The van der Waals surface area contributed by atoms with Crippen LogP contribution in [0.3, 0.4) is 0 Å². The Labute approximate surface area is 160 Å². The molecule has 0 fully saturated rings. The number of rotatable bonds is 10. The van der Waals surface area contributed by atoms with E-state index in [1.807, 2.05) is 6.92 Å². The van der Waals surface area contributed by atoms with Gasteiger partial charge in [0.2, 0.25) is 11.8 Å². The van der Waals surface area contributed by atoms with Crippen LogP contribution >= 0.6 is 23.4 Å². The lowest BCUT2D eigenvalue weighted by Gasteiger charge is -2.04. The van der Waals surface area contributed by atoms with Gasteiger partial charge in [0.1, 0.15) is 5.75 Å². The van der Waals surface area contributed by atoms with Crippen molar-refractivity contribution in [2.45, 2.75) is 25.2 Å². The number of aromatic nitrogens is 2. The number of amides is 2. The fourth-order valence-electron chi connectivity index (χ4n) is 1.71. The van der Waals surface area contributed by atoms with Crippen LogP contribution in [0.5, 0.6) is 5.75 Å². The Balaban J connectivity index is 1.68. The summed E-state index contributed by atoms with van der Waals surface area (Å²) in [6, 6.07) is 6.89. The van der Waals surface area contributed by atoms with Crippen molar-refractivity contribution < 1.29 is 18.7 Å². The summed E-state index contributed by atoms with van der Waals surface area (Å²) in [5, 5.41) is 13.8. The van der Waals surface area contributed by atoms with E-state index in [9.17, 15) is 9.59 Å². The predicted molar refractivity (Wildman–Crippen MR) is 97.1 cm³/mol. The number of nitrogens with one attached hydrogen (secondary N) is 2. The number of hydrogen-bond acceptors (Lipinski definition) is 7. The third-order valence-corrected chi connectivity index (χ3v) is 4.04. The standard InChI is InChI=1S/C16H19ClN4O4S/c1-2-7-18-13(22)8-19-14(23)10-26-16-21-20-15(25-16)9-24-12-5-3-11(17)4-6-12/h3-6H,2,7-10H2,1H3,(H,18,22)(H,19,23). The van der Waals surface area contributed by atoms with Crippen molar-refractivity contribution in [2.75, 3.05) is 18.8 Å². The minimum atomic E-state index is -0.293. The highest BCUT2D eigenvalue weighted by Crippen LogP contribution is 2.19. The molecule has 140 valence electrons. The fourth-order valence-corrected chi connectivity index (χ4v) is 2.45. The van der Waals surface area contributed by atoms with Crippen LogP contribution in [0.15, 0.2) is 33.9 Å². The van der Waals surface area contributed by atoms with Crippen molar-refractivity contribution in [1.29, 1.82) is 0 Å². The lowest BCUT2D eigenvalue weighted by Crippen LogP contribution is -2.37. The molecule has 0 spiro atoms. The number of ether oxygens (including phenoxy) is 1. The molecule has 2 rings (SSSR count). The molecule has 26 heavy (non-hydrogen) atoms. The van der Waals surface area contributed by atoms with Gasteiger partial charge < -0.3 is 19.8 Å². The fraction of sp³-hybridized carbons (Fsp3) is 0.375. The van der Waals surface area contributed by atoms with Crippen molar-refractivity contribution in [3.8, 4) is 5.75 Å². The van der Waals surface area contributed by atoms with E-state index in [0.29, 0.717) is 23.2 Å². The Morgan fingerprint density at radius 1 is 1.19 bits per heavy atom. The lowest BCUT2D eigenvalue weighted by molar-refractivity contribution is -0.124. The molecule has 0 unspecified atom stereocenters. The van der Waals surface area contributed by atoms with E-state index >= 15 is 0 Å². The minimum Gasteiger partial charge on any atom is -0.484 e. The summed E-state index contributed by atoms with van der Waals surface area (Å²) < 4.78 is 10.9. The first kappa shape index (κ1) is 20.1. The van der Waals surface area contributed by atoms with E-state index < -0.39 is 0 Å². The van der Waals surface area contributed by atoms with Crippen molar-refractivity contribution in [2.24, 2.45) is 0 Å². The van der Waals surface area contributed by atoms with E-state index in [0.717, 1.165) is 18.2 Å². The highest BCUT2D eigenvalue weighted by atomic mass is 35.5. The number of nitrogens with zero attached hydrogens (tertiary/aromatic N) is 2. The van der Waals surface area contributed by atoms with Crippen LogP contribution in [0.2, 0.25) is 5.02 Å². The highest BCUT2D eigenvalue weighted by molar-refractivity contribution is 7.99. The maximum Gasteiger partial charge on any atom is 0.277 e. The lowest BCUT2D eigenvalue weighted by atomic mass is 10.3. The molecule has 1 aromatic heterocycles. The first-order chi connectivity index (χ1) is 12.6. The third-order valence-electron chi connectivity index (χ3n) is 2.97. The first-order valence-corrected chi connectivity index (χ1v) is 9.30. The zero-order chi connectivity index (χ0) is 18.8. The van der Waals surface area contributed by atoms with Gasteiger partial charge in [-0.15, -0.1) is 10.2 Å². The monoisotopic (exact) mass is 398 g/mol. The minimum absolute atomic E-state index is 0.0522. The topological polar surface area (TPSA) is 106 Å². The van der Waals surface area contributed by atoms with Gasteiger partial charge in [-0.3, -0.25) is 9.59 Å². The zero-order valence-electron chi connectivity index (χ0n) is 14.2. The van der Waals surface area contributed by atoms with Gasteiger partial charge in [-0.2, -0.15) is 0 Å². The van der Waals surface area contributed by atoms with Gasteiger partial charge in [0.05, 0.1) is 12.3 Å². The van der Waals surface area contributed by atoms with E-state index in [2.05, 4.69) is 20.8 Å². The van der Waals surface area contributed by atoms with Crippen molar-refractivity contribution in [3.05, 3.63) is 35.2 Å². The normalized spacial score (nSPS) is 10.4. The Morgan fingerprint density at radius 2 is 1.96 bits per heavy atom. The molecule has 2 aromatic rings. The molecule has 1 heterocycles. The molecule has 0 aliphatic carbocycles. The summed E-state index contributed by atoms with van der Waals surface area (Å²) in [4.78, 5) is 23.1. The third kappa shape index (κ3) is 7.32. The zero-order valence-corrected chi connectivity index (χ0v) is 15.7. The second kappa shape index (κ2) is 10.7. The molecule has 0 saturated carbocycles. The Morgan fingerprint density at radius 3 is 2.69 bits per heavy atom. The first-order valence-electron chi connectivity index (χ1n) is 7.93. The molecule has 0 atom stereocenters. The Kier molecular flexibility index (Phi) is 8.23.